The van der Waals surface area contributed by atoms with Crippen LogP contribution < -0.4 is 61.9 Å². The Bertz CT molecular complexity index is 9040. The fourth-order valence-electron chi connectivity index (χ4n) is 24.9. The zero-order chi connectivity index (χ0) is 89.8. The van der Waals surface area contributed by atoms with Gasteiger partial charge in [0.1, 0.15) is 11.2 Å². The molecule has 9 aliphatic heterocycles. The zero-order valence-corrected chi connectivity index (χ0v) is 76.1. The van der Waals surface area contributed by atoms with E-state index in [9.17, 15) is 0 Å². The Morgan fingerprint density at radius 2 is 0.449 bits per heavy atom. The van der Waals surface area contributed by atoms with Gasteiger partial charge in [-0.25, -0.2) is 0 Å². The second-order valence-corrected chi connectivity index (χ2v) is 39.5. The van der Waals surface area contributed by atoms with Crippen molar-refractivity contribution >= 4 is 224 Å². The third kappa shape index (κ3) is 10.8. The van der Waals surface area contributed by atoms with E-state index in [1.807, 2.05) is 34.8 Å². The van der Waals surface area contributed by atoms with E-state index in [4.69, 9.17) is 4.42 Å². The summed E-state index contributed by atoms with van der Waals surface area (Å²) in [5.74, 6) is 0. The van der Waals surface area contributed by atoms with Gasteiger partial charge < -0.3 is 33.5 Å². The SMILES string of the molecule is c1ccc(N2c3cccc4c3B3c5c(cccc52)-c2cc(-c5ccc6oc7ccccc7c6c5)ccc2N3c2ccccc2-4)cc1.c1ccc(N2c3cccc4c3B3c5c(cccc52)-c2cc(-c5ccc6sc7ccccc7c6c5)ccc2N3c2ccccc2-4)cc1.c1ccc(N2c3cccc4c3B3c5c(cccc52)-c2cc(-c5cccc6c5sc5ccccc56)ccc2N3c2ccccc2-4)cc1. The Kier molecular flexibility index (Phi) is 16.1. The molecule has 12 heterocycles. The van der Waals surface area contributed by atoms with Crippen LogP contribution >= 0.6 is 22.7 Å². The molecule has 9 aliphatic rings. The third-order valence-corrected chi connectivity index (χ3v) is 32.9. The number of fused-ring (bicyclic) bond motifs is 27. The Balaban J connectivity index is 0.0000000959. The van der Waals surface area contributed by atoms with E-state index in [2.05, 4.69) is 472 Å². The molecule has 21 aromatic carbocycles. The summed E-state index contributed by atoms with van der Waals surface area (Å²) >= 11 is 3.77. The van der Waals surface area contributed by atoms with Gasteiger partial charge in [-0.1, -0.05) is 285 Å². The first-order valence-corrected chi connectivity index (χ1v) is 49.3. The molecule has 0 amide bonds. The Morgan fingerprint density at radius 1 is 0.167 bits per heavy atom. The van der Waals surface area contributed by atoms with Crippen molar-refractivity contribution in [2.75, 3.05) is 29.1 Å². The monoisotopic (exact) mass is 1780 g/mol. The second-order valence-electron chi connectivity index (χ2n) is 37.4. The highest BCUT2D eigenvalue weighted by atomic mass is 32.1. The third-order valence-electron chi connectivity index (χ3n) is 30.5. The highest BCUT2D eigenvalue weighted by Gasteiger charge is 2.53. The van der Waals surface area contributed by atoms with Crippen LogP contribution in [0.4, 0.5) is 85.3 Å². The Hall–Kier alpha value is -17.1. The normalized spacial score (nSPS) is 13.5. The number of hydrogen-bond donors (Lipinski definition) is 0. The summed E-state index contributed by atoms with van der Waals surface area (Å²) in [4.78, 5) is 15.3. The number of thiophene rings is 2. The van der Waals surface area contributed by atoms with E-state index < -0.39 is 0 Å². The van der Waals surface area contributed by atoms with Crippen molar-refractivity contribution in [1.29, 1.82) is 0 Å². The van der Waals surface area contributed by atoms with Crippen molar-refractivity contribution in [2.45, 2.75) is 0 Å². The molecule has 0 radical (unpaired) electrons. The van der Waals surface area contributed by atoms with Crippen LogP contribution in [-0.2, 0) is 0 Å². The smallest absolute Gasteiger partial charge is 0.333 e. The molecule has 24 aromatic rings. The minimum Gasteiger partial charge on any atom is -0.456 e. The van der Waals surface area contributed by atoms with Crippen LogP contribution in [0.15, 0.2) is 459 Å². The van der Waals surface area contributed by atoms with Crippen molar-refractivity contribution < 1.29 is 4.42 Å². The summed E-state index contributed by atoms with van der Waals surface area (Å²) in [6.45, 7) is 0.273. The van der Waals surface area contributed by atoms with Crippen LogP contribution in [0.2, 0.25) is 0 Å². The first-order valence-electron chi connectivity index (χ1n) is 47.7. The lowest BCUT2D eigenvalue weighted by atomic mass is 9.41. The van der Waals surface area contributed by atoms with Crippen LogP contribution in [-0.4, -0.2) is 20.5 Å². The lowest BCUT2D eigenvalue weighted by Crippen LogP contribution is -2.63. The van der Waals surface area contributed by atoms with E-state index >= 15 is 0 Å². The highest BCUT2D eigenvalue weighted by Crippen LogP contribution is 2.58. The van der Waals surface area contributed by atoms with Gasteiger partial charge in [0.25, 0.3) is 0 Å². The van der Waals surface area contributed by atoms with Gasteiger partial charge >= 0.3 is 20.5 Å². The van der Waals surface area contributed by atoms with Gasteiger partial charge in [-0.3, -0.25) is 0 Å². The van der Waals surface area contributed by atoms with Crippen molar-refractivity contribution in [2.24, 2.45) is 0 Å². The van der Waals surface area contributed by atoms with Crippen molar-refractivity contribution in [3.8, 4) is 100 Å². The van der Waals surface area contributed by atoms with E-state index in [0.717, 1.165) is 21.9 Å². The molecule has 636 valence electrons. The Morgan fingerprint density at radius 3 is 0.899 bits per heavy atom. The van der Waals surface area contributed by atoms with Gasteiger partial charge in [0, 0.05) is 170 Å². The second kappa shape index (κ2) is 29.2. The summed E-state index contributed by atoms with van der Waals surface area (Å²) in [7, 11) is 0. The lowest BCUT2D eigenvalue weighted by Gasteiger charge is -2.49. The molecule has 0 N–H and O–H groups in total. The number of para-hydroxylation sites is 7. The predicted molar refractivity (Wildman–Crippen MR) is 587 cm³/mol. The molecule has 3 aromatic heterocycles. The highest BCUT2D eigenvalue weighted by molar-refractivity contribution is 7.26. The lowest BCUT2D eigenvalue weighted by molar-refractivity contribution is 0.669. The van der Waals surface area contributed by atoms with Crippen LogP contribution in [0.5, 0.6) is 0 Å². The number of nitrogens with zero attached hydrogens (tertiary/aromatic N) is 6. The van der Waals surface area contributed by atoms with Crippen LogP contribution in [0, 0.1) is 0 Å². The summed E-state index contributed by atoms with van der Waals surface area (Å²) in [6.07, 6.45) is 0. The molecule has 138 heavy (non-hydrogen) atoms. The molecule has 0 aliphatic carbocycles. The summed E-state index contributed by atoms with van der Waals surface area (Å²) in [5.41, 5.74) is 51.8. The standard InChI is InChI=1S/C42H25BN2O.2C42H25BN2S/c1-2-10-28(11-3-1)44-37-17-8-14-31-29-12-4-6-16-35(29)45-36-22-20-26(24-33(36)32-15-9-18-38(44)42(32)43(45)41(31)37)27-21-23-40-34(25-27)30-13-5-7-19-39(30)46-40;1-2-11-27(12-3-1)44-37-20-9-16-31-29-13-4-6-19-35(29)45-36-24-23-26(25-34(36)32-17-10-21-38(44)41(32)43(45)40(31)37)28-15-8-18-33-30-14-5-7-22-39(30)46-42(28)33;1-2-10-28(11-3-1)44-37-17-8-14-31-29-12-4-6-16-35(29)45-36-22-20-26(24-33(36)32-15-9-18-38(44)42(32)43(45)41(31)37)27-21-23-40-34(25-27)30-13-5-7-19-39(30)46-40/h3*1-25H. The molecular formula is C126H75B3N6OS2. The number of benzene rings is 21. The van der Waals surface area contributed by atoms with Gasteiger partial charge in [-0.2, -0.15) is 0 Å². The average Bonchev–Trinajstić information content (AvgIpc) is 0.908. The summed E-state index contributed by atoms with van der Waals surface area (Å²) in [6, 6.07) is 168. The fraction of sp³-hybridized carbons (Fsp3) is 0. The summed E-state index contributed by atoms with van der Waals surface area (Å²) in [5, 5.41) is 7.64. The topological polar surface area (TPSA) is 32.6 Å². The zero-order valence-electron chi connectivity index (χ0n) is 74.4. The van der Waals surface area contributed by atoms with Crippen molar-refractivity contribution in [1.82, 2.24) is 0 Å². The molecule has 7 nitrogen and oxygen atoms in total. The van der Waals surface area contributed by atoms with Crippen molar-refractivity contribution in [3.05, 3.63) is 455 Å². The molecule has 33 rings (SSSR count). The molecule has 0 saturated carbocycles. The van der Waals surface area contributed by atoms with Crippen LogP contribution in [0.25, 0.3) is 162 Å². The molecule has 0 atom stereocenters. The number of anilines is 15. The quantitative estimate of drug-likeness (QED) is 0.153. The van der Waals surface area contributed by atoms with E-state index in [0.29, 0.717) is 0 Å². The molecule has 0 bridgehead atoms. The van der Waals surface area contributed by atoms with Gasteiger partial charge in [-0.15, -0.1) is 22.7 Å². The average molecular weight is 1790 g/mol. The first-order chi connectivity index (χ1) is 68.5. The van der Waals surface area contributed by atoms with Gasteiger partial charge in [0.15, 0.2) is 0 Å². The molecule has 0 fully saturated rings. The molecule has 12 heteroatoms. The molecule has 0 spiro atoms. The van der Waals surface area contributed by atoms with Crippen LogP contribution in [0.1, 0.15) is 0 Å². The Labute approximate surface area is 806 Å². The number of furan rings is 1. The van der Waals surface area contributed by atoms with E-state index in [1.54, 1.807) is 0 Å². The van der Waals surface area contributed by atoms with Gasteiger partial charge in [-0.05, 0) is 269 Å². The maximum atomic E-state index is 6.16. The van der Waals surface area contributed by atoms with E-state index in [1.165, 1.54) is 259 Å². The maximum Gasteiger partial charge on any atom is 0.333 e. The largest absolute Gasteiger partial charge is 0.456 e. The summed E-state index contributed by atoms with van der Waals surface area (Å²) < 4.78 is 11.5. The maximum absolute atomic E-state index is 6.16. The van der Waals surface area contributed by atoms with Crippen molar-refractivity contribution in [3.63, 3.8) is 0 Å². The first kappa shape index (κ1) is 76.3. The van der Waals surface area contributed by atoms with Crippen LogP contribution in [0.3, 0.4) is 0 Å². The van der Waals surface area contributed by atoms with Gasteiger partial charge in [0.05, 0.1) is 0 Å². The molecule has 0 unspecified atom stereocenters. The number of rotatable bonds is 6. The minimum atomic E-state index is 0.0826. The fourth-order valence-corrected chi connectivity index (χ4v) is 27.3. The molecular weight excluding hydrogens is 1710 g/mol. The van der Waals surface area contributed by atoms with E-state index in [-0.39, 0.29) is 20.5 Å². The molecule has 0 saturated heterocycles. The van der Waals surface area contributed by atoms with Gasteiger partial charge in [0.2, 0.25) is 0 Å². The number of hydrogen-bond acceptors (Lipinski definition) is 9. The predicted octanol–water partition coefficient (Wildman–Crippen LogP) is 30.8. The minimum absolute atomic E-state index is 0.0826.